The summed E-state index contributed by atoms with van der Waals surface area (Å²) in [4.78, 5) is 16.0. The number of carbonyl (C=O) groups is 1. The number of fused-ring (bicyclic) bond motifs is 1. The molecule has 3 aromatic rings. The van der Waals surface area contributed by atoms with Crippen molar-refractivity contribution in [3.63, 3.8) is 0 Å². The molecule has 3 rings (SSSR count). The summed E-state index contributed by atoms with van der Waals surface area (Å²) >= 11 is 5.93. The molecule has 1 amide bonds. The van der Waals surface area contributed by atoms with Crippen LogP contribution in [0.3, 0.4) is 0 Å². The van der Waals surface area contributed by atoms with Crippen LogP contribution in [0.5, 0.6) is 11.5 Å². The maximum Gasteiger partial charge on any atom is 0.234 e. The molecule has 3 N–H and O–H groups in total. The summed E-state index contributed by atoms with van der Waals surface area (Å²) in [5, 5.41) is 3.76. The number of imidazole rings is 1. The highest BCUT2D eigenvalue weighted by molar-refractivity contribution is 6.30. The predicted molar refractivity (Wildman–Crippen MR) is 113 cm³/mol. The molecule has 29 heavy (non-hydrogen) atoms. The first-order chi connectivity index (χ1) is 14.0. The lowest BCUT2D eigenvalue weighted by atomic mass is 10.3. The van der Waals surface area contributed by atoms with Crippen LogP contribution >= 0.6 is 11.6 Å². The molecule has 0 spiro atoms. The van der Waals surface area contributed by atoms with E-state index in [9.17, 15) is 4.79 Å². The minimum atomic E-state index is -0.445. The van der Waals surface area contributed by atoms with E-state index >= 15 is 0 Å². The lowest BCUT2D eigenvalue weighted by molar-refractivity contribution is -0.119. The predicted octanol–water partition coefficient (Wildman–Crippen LogP) is 3.48. The normalized spacial score (nSPS) is 12.2. The molecule has 0 saturated heterocycles. The second-order valence-electron chi connectivity index (χ2n) is 6.59. The van der Waals surface area contributed by atoms with Crippen LogP contribution in [0.1, 0.15) is 19.7 Å². The Morgan fingerprint density at radius 2 is 1.97 bits per heavy atom. The van der Waals surface area contributed by atoms with E-state index in [0.29, 0.717) is 42.8 Å². The van der Waals surface area contributed by atoms with E-state index < -0.39 is 11.9 Å². The molecule has 154 valence electrons. The van der Waals surface area contributed by atoms with Gasteiger partial charge in [-0.2, -0.15) is 0 Å². The molecule has 2 aromatic carbocycles. The summed E-state index contributed by atoms with van der Waals surface area (Å²) in [6.07, 6.45) is 0. The Bertz CT molecular complexity index is 972. The van der Waals surface area contributed by atoms with Crippen LogP contribution in [0.4, 0.5) is 0 Å². The molecule has 0 aliphatic carbocycles. The monoisotopic (exact) mass is 416 g/mol. The third kappa shape index (κ3) is 5.47. The minimum absolute atomic E-state index is 0.402. The van der Waals surface area contributed by atoms with Crippen molar-refractivity contribution in [1.29, 1.82) is 0 Å². The summed E-state index contributed by atoms with van der Waals surface area (Å²) in [5.74, 6) is 1.80. The maximum atomic E-state index is 11.3. The van der Waals surface area contributed by atoms with Crippen molar-refractivity contribution >= 4 is 28.5 Å². The molecule has 7 nitrogen and oxygen atoms in total. The van der Waals surface area contributed by atoms with Gasteiger partial charge in [0.2, 0.25) is 5.91 Å². The standard InChI is InChI=1S/C21H25ClN4O3/c1-3-28-11-10-26-19-12-17(29-16-6-4-15(22)5-7-16)8-9-18(19)25-20(26)13-24-14(2)21(23)27/h4-9,12,14,24H,3,10-11,13H2,1-2H3,(H2,23,27)/t14-/m0/s1. The average molecular weight is 417 g/mol. The fraction of sp³-hybridized carbons (Fsp3) is 0.333. The molecule has 1 aromatic heterocycles. The number of nitrogens with zero attached hydrogens (tertiary/aromatic N) is 2. The third-order valence-corrected chi connectivity index (χ3v) is 4.76. The number of ether oxygens (including phenoxy) is 2. The zero-order valence-electron chi connectivity index (χ0n) is 16.5. The van der Waals surface area contributed by atoms with Crippen LogP contribution in [-0.4, -0.2) is 34.7 Å². The highest BCUT2D eigenvalue weighted by Gasteiger charge is 2.14. The number of carbonyl (C=O) groups excluding carboxylic acids is 1. The second kappa shape index (κ2) is 9.73. The number of halogens is 1. The molecule has 0 aliphatic heterocycles. The fourth-order valence-electron chi connectivity index (χ4n) is 2.88. The van der Waals surface area contributed by atoms with Gasteiger partial charge in [-0.1, -0.05) is 11.6 Å². The highest BCUT2D eigenvalue weighted by atomic mass is 35.5. The van der Waals surface area contributed by atoms with E-state index in [1.165, 1.54) is 0 Å². The lowest BCUT2D eigenvalue weighted by Crippen LogP contribution is -2.38. The van der Waals surface area contributed by atoms with Gasteiger partial charge < -0.3 is 19.8 Å². The summed E-state index contributed by atoms with van der Waals surface area (Å²) < 4.78 is 13.5. The first-order valence-electron chi connectivity index (χ1n) is 9.51. The lowest BCUT2D eigenvalue weighted by Gasteiger charge is -2.13. The van der Waals surface area contributed by atoms with Crippen LogP contribution in [0.25, 0.3) is 11.0 Å². The van der Waals surface area contributed by atoms with E-state index in [4.69, 9.17) is 31.8 Å². The first-order valence-corrected chi connectivity index (χ1v) is 9.88. The van der Waals surface area contributed by atoms with E-state index in [0.717, 1.165) is 16.9 Å². The van der Waals surface area contributed by atoms with Crippen molar-refractivity contribution in [2.45, 2.75) is 33.0 Å². The van der Waals surface area contributed by atoms with Crippen molar-refractivity contribution in [3.8, 4) is 11.5 Å². The van der Waals surface area contributed by atoms with Gasteiger partial charge in [0.05, 0.1) is 30.2 Å². The fourth-order valence-corrected chi connectivity index (χ4v) is 3.01. The Morgan fingerprint density at radius 3 is 2.66 bits per heavy atom. The SMILES string of the molecule is CCOCCn1c(CN[C@@H](C)C(N)=O)nc2ccc(Oc3ccc(Cl)cc3)cc21. The number of primary amides is 1. The summed E-state index contributed by atoms with van der Waals surface area (Å²) in [7, 11) is 0. The quantitative estimate of drug-likeness (QED) is 0.494. The van der Waals surface area contributed by atoms with Gasteiger partial charge in [-0.05, 0) is 50.2 Å². The molecule has 0 unspecified atom stereocenters. The van der Waals surface area contributed by atoms with Gasteiger partial charge in [0.25, 0.3) is 0 Å². The number of hydrogen-bond donors (Lipinski definition) is 2. The van der Waals surface area contributed by atoms with E-state index in [1.54, 1.807) is 19.1 Å². The zero-order chi connectivity index (χ0) is 20.8. The molecule has 0 fully saturated rings. The Kier molecular flexibility index (Phi) is 7.09. The first kappa shape index (κ1) is 21.1. The number of hydrogen-bond acceptors (Lipinski definition) is 5. The van der Waals surface area contributed by atoms with Crippen molar-refractivity contribution < 1.29 is 14.3 Å². The maximum absolute atomic E-state index is 11.3. The average Bonchev–Trinajstić information content (AvgIpc) is 3.05. The molecular formula is C21H25ClN4O3. The van der Waals surface area contributed by atoms with Crippen LogP contribution in [0, 0.1) is 0 Å². The molecule has 0 saturated carbocycles. The molecule has 1 atom stereocenters. The molecule has 8 heteroatoms. The molecular weight excluding hydrogens is 392 g/mol. The summed E-state index contributed by atoms with van der Waals surface area (Å²) in [6, 6.07) is 12.5. The van der Waals surface area contributed by atoms with Gasteiger partial charge >= 0.3 is 0 Å². The van der Waals surface area contributed by atoms with Crippen LogP contribution in [0.2, 0.25) is 5.02 Å². The highest BCUT2D eigenvalue weighted by Crippen LogP contribution is 2.27. The van der Waals surface area contributed by atoms with E-state index in [-0.39, 0.29) is 0 Å². The van der Waals surface area contributed by atoms with Crippen molar-refractivity contribution in [2.24, 2.45) is 5.73 Å². The van der Waals surface area contributed by atoms with Crippen LogP contribution in [0.15, 0.2) is 42.5 Å². The molecule has 1 heterocycles. The van der Waals surface area contributed by atoms with E-state index in [2.05, 4.69) is 9.88 Å². The molecule has 0 aliphatic rings. The Hall–Kier alpha value is -2.61. The van der Waals surface area contributed by atoms with Crippen molar-refractivity contribution in [2.75, 3.05) is 13.2 Å². The van der Waals surface area contributed by atoms with Crippen molar-refractivity contribution in [1.82, 2.24) is 14.9 Å². The van der Waals surface area contributed by atoms with Gasteiger partial charge in [0.15, 0.2) is 0 Å². The molecule has 0 radical (unpaired) electrons. The number of benzene rings is 2. The van der Waals surface area contributed by atoms with Crippen LogP contribution < -0.4 is 15.8 Å². The van der Waals surface area contributed by atoms with Gasteiger partial charge in [0.1, 0.15) is 17.3 Å². The number of amides is 1. The van der Waals surface area contributed by atoms with Crippen molar-refractivity contribution in [3.05, 3.63) is 53.3 Å². The number of nitrogens with two attached hydrogens (primary N) is 1. The minimum Gasteiger partial charge on any atom is -0.457 e. The zero-order valence-corrected chi connectivity index (χ0v) is 17.3. The number of rotatable bonds is 10. The largest absolute Gasteiger partial charge is 0.457 e. The van der Waals surface area contributed by atoms with Gasteiger partial charge in [-0.25, -0.2) is 4.98 Å². The summed E-state index contributed by atoms with van der Waals surface area (Å²) in [5.41, 5.74) is 7.11. The topological polar surface area (TPSA) is 91.4 Å². The number of aromatic nitrogens is 2. The van der Waals surface area contributed by atoms with E-state index in [1.807, 2.05) is 37.3 Å². The Labute approximate surface area is 174 Å². The Balaban J connectivity index is 1.88. The molecule has 0 bridgehead atoms. The van der Waals surface area contributed by atoms with Gasteiger partial charge in [-0.3, -0.25) is 10.1 Å². The summed E-state index contributed by atoms with van der Waals surface area (Å²) in [6.45, 7) is 5.94. The van der Waals surface area contributed by atoms with Crippen LogP contribution in [-0.2, 0) is 22.6 Å². The van der Waals surface area contributed by atoms with Gasteiger partial charge in [-0.15, -0.1) is 0 Å². The smallest absolute Gasteiger partial charge is 0.234 e. The van der Waals surface area contributed by atoms with Gasteiger partial charge in [0, 0.05) is 24.2 Å². The second-order valence-corrected chi connectivity index (χ2v) is 7.02. The number of nitrogens with one attached hydrogen (secondary N) is 1. The third-order valence-electron chi connectivity index (χ3n) is 4.50. The Morgan fingerprint density at radius 1 is 1.24 bits per heavy atom.